The van der Waals surface area contributed by atoms with Crippen LogP contribution in [0.25, 0.3) is 0 Å². The van der Waals surface area contributed by atoms with E-state index in [-0.39, 0.29) is 0 Å². The van der Waals surface area contributed by atoms with Crippen LogP contribution < -0.4 is 11.5 Å². The van der Waals surface area contributed by atoms with E-state index < -0.39 is 0 Å². The van der Waals surface area contributed by atoms with Crippen LogP contribution in [0.1, 0.15) is 91.9 Å². The van der Waals surface area contributed by atoms with Crippen molar-refractivity contribution in [3.8, 4) is 0 Å². The van der Waals surface area contributed by atoms with Gasteiger partial charge in [-0.15, -0.1) is 0 Å². The minimum Gasteiger partial charge on any atom is -0.330 e. The smallest absolute Gasteiger partial charge is 0.00773 e. The summed E-state index contributed by atoms with van der Waals surface area (Å²) >= 11 is 0. The fourth-order valence-electron chi connectivity index (χ4n) is 1.70. The second kappa shape index (κ2) is 30.2. The monoisotopic (exact) mass is 260 g/mol. The minimum atomic E-state index is 0.860. The maximum absolute atomic E-state index is 5.43. The lowest BCUT2D eigenvalue weighted by molar-refractivity contribution is 0.554. The van der Waals surface area contributed by atoms with E-state index in [9.17, 15) is 0 Å². The lowest BCUT2D eigenvalue weighted by Gasteiger charge is -2.01. The molecule has 0 heterocycles. The Labute approximate surface area is 117 Å². The molecule has 0 radical (unpaired) electrons. The molecule has 0 rings (SSSR count). The molecule has 2 nitrogen and oxygen atoms in total. The van der Waals surface area contributed by atoms with Crippen LogP contribution in [0.2, 0.25) is 0 Å². The van der Waals surface area contributed by atoms with E-state index >= 15 is 0 Å². The van der Waals surface area contributed by atoms with Crippen LogP contribution >= 0.6 is 0 Å². The average molecular weight is 261 g/mol. The van der Waals surface area contributed by atoms with E-state index in [1.807, 2.05) is 27.7 Å². The Morgan fingerprint density at radius 3 is 0.722 bits per heavy atom. The van der Waals surface area contributed by atoms with E-state index in [2.05, 4.69) is 0 Å². The fraction of sp³-hybridized carbons (Fsp3) is 1.00. The number of unbranched alkanes of at least 4 members (excludes halogenated alkanes) is 9. The molecular formula is C16H40N2. The third-order valence-corrected chi connectivity index (χ3v) is 2.66. The standard InChI is InChI=1S/C12H28N2.2C2H6/c13-11-9-7-5-3-1-2-4-6-8-10-12-14;2*1-2/h1-14H2;2*1-2H3. The van der Waals surface area contributed by atoms with Gasteiger partial charge in [0.15, 0.2) is 0 Å². The van der Waals surface area contributed by atoms with E-state index in [4.69, 9.17) is 11.5 Å². The molecule has 0 amide bonds. The zero-order valence-corrected chi connectivity index (χ0v) is 13.6. The van der Waals surface area contributed by atoms with Gasteiger partial charge >= 0.3 is 0 Å². The van der Waals surface area contributed by atoms with Crippen molar-refractivity contribution in [2.24, 2.45) is 11.5 Å². The summed E-state index contributed by atoms with van der Waals surface area (Å²) in [5.74, 6) is 0. The van der Waals surface area contributed by atoms with Crippen LogP contribution in [0.15, 0.2) is 0 Å². The molecule has 4 N–H and O–H groups in total. The van der Waals surface area contributed by atoms with Gasteiger partial charge in [0.1, 0.15) is 0 Å². The number of nitrogens with two attached hydrogens (primary N) is 2. The molecule has 0 fully saturated rings. The SMILES string of the molecule is CC.CC.NCCCCCCCCCCCCN. The zero-order chi connectivity index (χ0) is 14.5. The van der Waals surface area contributed by atoms with Crippen molar-refractivity contribution in [3.63, 3.8) is 0 Å². The summed E-state index contributed by atoms with van der Waals surface area (Å²) in [6, 6.07) is 0. The third kappa shape index (κ3) is 29.7. The van der Waals surface area contributed by atoms with Gasteiger partial charge < -0.3 is 11.5 Å². The molecule has 0 aliphatic rings. The third-order valence-electron chi connectivity index (χ3n) is 2.66. The highest BCUT2D eigenvalue weighted by Crippen LogP contribution is 2.09. The summed E-state index contributed by atoms with van der Waals surface area (Å²) < 4.78 is 0. The van der Waals surface area contributed by atoms with Gasteiger partial charge in [-0.2, -0.15) is 0 Å². The molecule has 2 heteroatoms. The molecule has 0 aromatic heterocycles. The normalized spacial score (nSPS) is 9.00. The fourth-order valence-corrected chi connectivity index (χ4v) is 1.70. The van der Waals surface area contributed by atoms with Gasteiger partial charge in [-0.25, -0.2) is 0 Å². The molecule has 0 aromatic carbocycles. The Balaban J connectivity index is -0.000000506. The van der Waals surface area contributed by atoms with Crippen LogP contribution in [0.5, 0.6) is 0 Å². The Bertz CT molecular complexity index is 83.1. The van der Waals surface area contributed by atoms with Gasteiger partial charge in [-0.3, -0.25) is 0 Å². The minimum absolute atomic E-state index is 0.860. The molecular weight excluding hydrogens is 220 g/mol. The van der Waals surface area contributed by atoms with Crippen LogP contribution in [0.3, 0.4) is 0 Å². The summed E-state index contributed by atoms with van der Waals surface area (Å²) in [6.07, 6.45) is 13.4. The van der Waals surface area contributed by atoms with Gasteiger partial charge in [-0.05, 0) is 25.9 Å². The average Bonchev–Trinajstić information content (AvgIpc) is 2.45. The highest BCUT2D eigenvalue weighted by atomic mass is 14.5. The first-order chi connectivity index (χ1) is 8.91. The van der Waals surface area contributed by atoms with Gasteiger partial charge in [0.05, 0.1) is 0 Å². The molecule has 0 bridgehead atoms. The molecule has 0 aromatic rings. The summed E-state index contributed by atoms with van der Waals surface area (Å²) in [5.41, 5.74) is 10.9. The molecule has 0 atom stereocenters. The first-order valence-electron chi connectivity index (χ1n) is 8.32. The highest BCUT2D eigenvalue weighted by molar-refractivity contribution is 4.48. The summed E-state index contributed by atoms with van der Waals surface area (Å²) in [4.78, 5) is 0. The van der Waals surface area contributed by atoms with Crippen molar-refractivity contribution in [1.29, 1.82) is 0 Å². The van der Waals surface area contributed by atoms with Crippen molar-refractivity contribution in [2.75, 3.05) is 13.1 Å². The Hall–Kier alpha value is -0.0800. The molecule has 114 valence electrons. The zero-order valence-electron chi connectivity index (χ0n) is 13.6. The first kappa shape index (κ1) is 23.0. The molecule has 0 aliphatic carbocycles. The Morgan fingerprint density at radius 2 is 0.556 bits per heavy atom. The molecule has 0 saturated carbocycles. The van der Waals surface area contributed by atoms with Gasteiger partial charge in [0.25, 0.3) is 0 Å². The predicted molar refractivity (Wildman–Crippen MR) is 87.0 cm³/mol. The maximum atomic E-state index is 5.43. The molecule has 0 saturated heterocycles. The second-order valence-corrected chi connectivity index (χ2v) is 4.11. The summed E-state index contributed by atoms with van der Waals surface area (Å²) in [5, 5.41) is 0. The number of hydrogen-bond donors (Lipinski definition) is 2. The van der Waals surface area contributed by atoms with E-state index in [1.165, 1.54) is 64.2 Å². The van der Waals surface area contributed by atoms with Crippen LogP contribution in [0, 0.1) is 0 Å². The van der Waals surface area contributed by atoms with E-state index in [0.717, 1.165) is 13.1 Å². The predicted octanol–water partition coefficient (Wildman–Crippen LogP) is 4.86. The van der Waals surface area contributed by atoms with Gasteiger partial charge in [0, 0.05) is 0 Å². The first-order valence-corrected chi connectivity index (χ1v) is 8.32. The maximum Gasteiger partial charge on any atom is -0.00773 e. The topological polar surface area (TPSA) is 52.0 Å². The van der Waals surface area contributed by atoms with Crippen molar-refractivity contribution in [2.45, 2.75) is 91.9 Å². The Kier molecular flexibility index (Phi) is 38.6. The van der Waals surface area contributed by atoms with Crippen molar-refractivity contribution in [3.05, 3.63) is 0 Å². The summed E-state index contributed by atoms with van der Waals surface area (Å²) in [6.45, 7) is 9.72. The lowest BCUT2D eigenvalue weighted by atomic mass is 10.1. The molecule has 0 aliphatic heterocycles. The summed E-state index contributed by atoms with van der Waals surface area (Å²) in [7, 11) is 0. The molecule has 18 heavy (non-hydrogen) atoms. The van der Waals surface area contributed by atoms with E-state index in [0.29, 0.717) is 0 Å². The van der Waals surface area contributed by atoms with Crippen LogP contribution in [0.4, 0.5) is 0 Å². The van der Waals surface area contributed by atoms with Gasteiger partial charge in [-0.1, -0.05) is 79.1 Å². The van der Waals surface area contributed by atoms with Crippen molar-refractivity contribution >= 4 is 0 Å². The largest absolute Gasteiger partial charge is 0.330 e. The number of rotatable bonds is 11. The molecule has 0 spiro atoms. The van der Waals surface area contributed by atoms with Crippen LogP contribution in [-0.4, -0.2) is 13.1 Å². The Morgan fingerprint density at radius 1 is 0.389 bits per heavy atom. The second-order valence-electron chi connectivity index (χ2n) is 4.11. The molecule has 0 unspecified atom stereocenters. The van der Waals surface area contributed by atoms with Crippen molar-refractivity contribution in [1.82, 2.24) is 0 Å². The van der Waals surface area contributed by atoms with Gasteiger partial charge in [0.2, 0.25) is 0 Å². The quantitative estimate of drug-likeness (QED) is 0.521. The number of hydrogen-bond acceptors (Lipinski definition) is 2. The van der Waals surface area contributed by atoms with Crippen LogP contribution in [-0.2, 0) is 0 Å². The highest BCUT2D eigenvalue weighted by Gasteiger charge is 1.91. The van der Waals surface area contributed by atoms with Crippen molar-refractivity contribution < 1.29 is 0 Å². The van der Waals surface area contributed by atoms with E-state index in [1.54, 1.807) is 0 Å². The lowest BCUT2D eigenvalue weighted by Crippen LogP contribution is -1.97.